The van der Waals surface area contributed by atoms with Crippen molar-refractivity contribution in [2.24, 2.45) is 0 Å². The Hall–Kier alpha value is -4.27. The average molecular weight is 475 g/mol. The first-order valence-corrected chi connectivity index (χ1v) is 11.3. The van der Waals surface area contributed by atoms with Crippen LogP contribution in [0.3, 0.4) is 0 Å². The zero-order valence-corrected chi connectivity index (χ0v) is 19.1. The lowest BCUT2D eigenvalue weighted by atomic mass is 10.0. The molecule has 9 heteroatoms. The number of nitrogens with two attached hydrogens (primary N) is 1. The molecule has 1 saturated heterocycles. The highest BCUT2D eigenvalue weighted by Crippen LogP contribution is 2.32. The Bertz CT molecular complexity index is 1390. The van der Waals surface area contributed by atoms with Gasteiger partial charge in [-0.2, -0.15) is 0 Å². The number of halogens is 2. The van der Waals surface area contributed by atoms with Gasteiger partial charge >= 0.3 is 6.03 Å². The molecule has 0 unspecified atom stereocenters. The molecule has 7 nitrogen and oxygen atoms in total. The Morgan fingerprint density at radius 3 is 2.46 bits per heavy atom. The van der Waals surface area contributed by atoms with E-state index in [4.69, 9.17) is 5.73 Å². The minimum absolute atomic E-state index is 0.0545. The van der Waals surface area contributed by atoms with Gasteiger partial charge < -0.3 is 20.9 Å². The highest BCUT2D eigenvalue weighted by molar-refractivity contribution is 6.00. The van der Waals surface area contributed by atoms with Gasteiger partial charge in [0.15, 0.2) is 5.82 Å². The number of hydrogen-bond donors (Lipinski definition) is 2. The third-order valence-electron chi connectivity index (χ3n) is 6.21. The molecule has 35 heavy (non-hydrogen) atoms. The molecule has 1 atom stereocenters. The molecule has 0 radical (unpaired) electrons. The Labute approximate surface area is 201 Å². The summed E-state index contributed by atoms with van der Waals surface area (Å²) in [4.78, 5) is 16.5. The van der Waals surface area contributed by atoms with Gasteiger partial charge in [-0.3, -0.25) is 0 Å². The number of hydrogen-bond acceptors (Lipinski definition) is 5. The molecule has 1 aliphatic heterocycles. The minimum atomic E-state index is -0.812. The van der Waals surface area contributed by atoms with Gasteiger partial charge in [0.05, 0.1) is 5.69 Å². The average Bonchev–Trinajstić information content (AvgIpc) is 2.85. The normalized spacial score (nSPS) is 15.9. The van der Waals surface area contributed by atoms with Crippen LogP contribution in [-0.4, -0.2) is 46.8 Å². The van der Waals surface area contributed by atoms with Crippen molar-refractivity contribution < 1.29 is 13.6 Å². The van der Waals surface area contributed by atoms with Crippen molar-refractivity contribution in [3.05, 3.63) is 78.4 Å². The molecule has 0 saturated carbocycles. The lowest BCUT2D eigenvalue weighted by Gasteiger charge is -2.40. The van der Waals surface area contributed by atoms with Crippen LogP contribution in [0.5, 0.6) is 0 Å². The first-order valence-electron chi connectivity index (χ1n) is 11.3. The number of carbonyl (C=O) groups is 1. The van der Waals surface area contributed by atoms with Crippen LogP contribution >= 0.6 is 0 Å². The molecule has 3 aromatic carbocycles. The summed E-state index contributed by atoms with van der Waals surface area (Å²) >= 11 is 0. The van der Waals surface area contributed by atoms with Crippen molar-refractivity contribution in [1.29, 1.82) is 0 Å². The number of nitrogens with zero attached hydrogens (tertiary/aromatic N) is 4. The number of anilines is 3. The zero-order valence-electron chi connectivity index (χ0n) is 19.1. The van der Waals surface area contributed by atoms with Crippen molar-refractivity contribution in [2.45, 2.75) is 13.0 Å². The predicted octanol–water partition coefficient (Wildman–Crippen LogP) is 4.90. The van der Waals surface area contributed by atoms with Gasteiger partial charge in [-0.1, -0.05) is 36.4 Å². The summed E-state index contributed by atoms with van der Waals surface area (Å²) in [7, 11) is 0. The Balaban J connectivity index is 1.37. The van der Waals surface area contributed by atoms with E-state index in [-0.39, 0.29) is 11.7 Å². The summed E-state index contributed by atoms with van der Waals surface area (Å²) in [6, 6.07) is 17.9. The number of fused-ring (bicyclic) bond motifs is 1. The van der Waals surface area contributed by atoms with E-state index in [9.17, 15) is 13.6 Å². The van der Waals surface area contributed by atoms with E-state index in [1.165, 1.54) is 6.07 Å². The monoisotopic (exact) mass is 474 g/mol. The zero-order chi connectivity index (χ0) is 24.5. The van der Waals surface area contributed by atoms with Crippen LogP contribution in [0.25, 0.3) is 22.0 Å². The largest absolute Gasteiger partial charge is 0.399 e. The molecule has 0 aliphatic carbocycles. The summed E-state index contributed by atoms with van der Waals surface area (Å²) in [6.07, 6.45) is 0. The van der Waals surface area contributed by atoms with E-state index >= 15 is 0 Å². The van der Waals surface area contributed by atoms with Gasteiger partial charge in [0.2, 0.25) is 0 Å². The van der Waals surface area contributed by atoms with E-state index in [1.807, 2.05) is 55.5 Å². The highest BCUT2D eigenvalue weighted by atomic mass is 19.1. The van der Waals surface area contributed by atoms with Gasteiger partial charge in [-0.25, -0.2) is 13.6 Å². The summed E-state index contributed by atoms with van der Waals surface area (Å²) in [6.45, 7) is 3.39. The van der Waals surface area contributed by atoms with Gasteiger partial charge in [0.25, 0.3) is 0 Å². The second-order valence-electron chi connectivity index (χ2n) is 8.58. The number of nitrogen functional groups attached to an aromatic ring is 1. The number of rotatable bonds is 3. The molecule has 2 heterocycles. The fourth-order valence-electron chi connectivity index (χ4n) is 4.41. The summed E-state index contributed by atoms with van der Waals surface area (Å²) < 4.78 is 27.1. The fourth-order valence-corrected chi connectivity index (χ4v) is 4.41. The second kappa shape index (κ2) is 9.17. The van der Waals surface area contributed by atoms with Crippen LogP contribution in [0.15, 0.2) is 66.7 Å². The molecule has 1 fully saturated rings. The molecule has 5 rings (SSSR count). The van der Waals surface area contributed by atoms with Gasteiger partial charge in [0.1, 0.15) is 17.3 Å². The first kappa shape index (κ1) is 22.5. The van der Waals surface area contributed by atoms with Crippen molar-refractivity contribution in [3.8, 4) is 11.3 Å². The molecule has 4 aromatic rings. The Morgan fingerprint density at radius 2 is 1.74 bits per heavy atom. The molecular formula is C26H24F2N6O. The van der Waals surface area contributed by atoms with Crippen LogP contribution in [0.2, 0.25) is 0 Å². The first-order chi connectivity index (χ1) is 16.9. The van der Waals surface area contributed by atoms with Crippen molar-refractivity contribution in [2.75, 3.05) is 35.6 Å². The van der Waals surface area contributed by atoms with Crippen molar-refractivity contribution >= 4 is 34.0 Å². The maximum atomic E-state index is 14.0. The standard InChI is InChI=1S/C26H24F2N6O/c1-16-15-33(12-13-34(16)26(35)30-23-11-8-18(27)14-22(23)28)25-21-5-3-2-4-20(21)24(31-32-25)17-6-9-19(29)10-7-17/h2-11,14,16H,12-13,15,29H2,1H3,(H,30,35)/t16-/m0/s1. The Morgan fingerprint density at radius 1 is 1.00 bits per heavy atom. The van der Waals surface area contributed by atoms with Crippen LogP contribution in [0.4, 0.5) is 30.8 Å². The summed E-state index contributed by atoms with van der Waals surface area (Å²) in [5.74, 6) is -0.762. The lowest BCUT2D eigenvalue weighted by molar-refractivity contribution is 0.184. The maximum absolute atomic E-state index is 14.0. The number of urea groups is 1. The van der Waals surface area contributed by atoms with Gasteiger partial charge in [-0.15, -0.1) is 10.2 Å². The van der Waals surface area contributed by atoms with E-state index in [2.05, 4.69) is 20.4 Å². The van der Waals surface area contributed by atoms with Gasteiger partial charge in [0, 0.05) is 53.8 Å². The van der Waals surface area contributed by atoms with E-state index < -0.39 is 17.7 Å². The van der Waals surface area contributed by atoms with Gasteiger partial charge in [-0.05, 0) is 31.2 Å². The van der Waals surface area contributed by atoms with E-state index in [0.717, 1.165) is 40.0 Å². The SMILES string of the molecule is C[C@H]1CN(c2nnc(-c3ccc(N)cc3)c3ccccc23)CCN1C(=O)Nc1ccc(F)cc1F. The summed E-state index contributed by atoms with van der Waals surface area (Å²) in [5, 5.41) is 13.6. The topological polar surface area (TPSA) is 87.4 Å². The van der Waals surface area contributed by atoms with Crippen molar-refractivity contribution in [1.82, 2.24) is 15.1 Å². The number of piperazine rings is 1. The number of amides is 2. The minimum Gasteiger partial charge on any atom is -0.399 e. The molecule has 0 spiro atoms. The molecule has 178 valence electrons. The lowest BCUT2D eigenvalue weighted by Crippen LogP contribution is -2.55. The number of benzene rings is 3. The molecule has 0 bridgehead atoms. The second-order valence-corrected chi connectivity index (χ2v) is 8.58. The third-order valence-corrected chi connectivity index (χ3v) is 6.21. The van der Waals surface area contributed by atoms with Crippen molar-refractivity contribution in [3.63, 3.8) is 0 Å². The number of aromatic nitrogens is 2. The molecule has 1 aromatic heterocycles. The van der Waals surface area contributed by atoms with E-state index in [1.54, 1.807) is 4.90 Å². The van der Waals surface area contributed by atoms with Crippen LogP contribution in [0.1, 0.15) is 6.92 Å². The number of nitrogens with one attached hydrogen (secondary N) is 1. The quantitative estimate of drug-likeness (QED) is 0.413. The van der Waals surface area contributed by atoms with Crippen LogP contribution in [0, 0.1) is 11.6 Å². The number of carbonyl (C=O) groups excluding carboxylic acids is 1. The molecular weight excluding hydrogens is 450 g/mol. The maximum Gasteiger partial charge on any atom is 0.322 e. The Kier molecular flexibility index (Phi) is 5.90. The van der Waals surface area contributed by atoms with E-state index in [0.29, 0.717) is 25.3 Å². The third kappa shape index (κ3) is 4.44. The predicted molar refractivity (Wildman–Crippen MR) is 133 cm³/mol. The smallest absolute Gasteiger partial charge is 0.322 e. The van der Waals surface area contributed by atoms with Crippen LogP contribution < -0.4 is 16.0 Å². The molecule has 2 amide bonds. The highest BCUT2D eigenvalue weighted by Gasteiger charge is 2.30. The fraction of sp³-hybridized carbons (Fsp3) is 0.192. The summed E-state index contributed by atoms with van der Waals surface area (Å²) in [5.41, 5.74) is 8.16. The molecule has 1 aliphatic rings. The van der Waals surface area contributed by atoms with Crippen LogP contribution in [-0.2, 0) is 0 Å². The molecule has 3 N–H and O–H groups in total.